The van der Waals surface area contributed by atoms with E-state index in [1.54, 1.807) is 13.8 Å². The molecule has 0 heterocycles. The molecule has 168 valence electrons. The molecule has 0 radical (unpaired) electrons. The minimum absolute atomic E-state index is 0.198. The Balaban J connectivity index is 4.15. The van der Waals surface area contributed by atoms with Crippen molar-refractivity contribution in [3.8, 4) is 0 Å². The summed E-state index contributed by atoms with van der Waals surface area (Å²) in [5.74, 6) is -1.72. The van der Waals surface area contributed by atoms with E-state index in [1.807, 2.05) is 0 Å². The second kappa shape index (κ2) is 18.2. The number of esters is 1. The number of guanidine groups is 1. The average molecular weight is 413 g/mol. The number of carbonyl (C=O) groups excluding carboxylic acids is 2. The van der Waals surface area contributed by atoms with Gasteiger partial charge in [0.2, 0.25) is 5.91 Å². The SMILES string of the molecule is [2H]C([2H])([2H])N(CC(=O)OC(C)C)C(N)=NC(=O)CCCCCCC/C=C\CCCCCC. The lowest BCUT2D eigenvalue weighted by molar-refractivity contribution is -0.147. The average Bonchev–Trinajstić information content (AvgIpc) is 2.68. The quantitative estimate of drug-likeness (QED) is 0.127. The third kappa shape index (κ3) is 17.9. The van der Waals surface area contributed by atoms with Crippen LogP contribution in [0.25, 0.3) is 0 Å². The summed E-state index contributed by atoms with van der Waals surface area (Å²) < 4.78 is 27.5. The fourth-order valence-electron chi connectivity index (χ4n) is 2.75. The smallest absolute Gasteiger partial charge is 0.325 e. The molecular formula is C23H43N3O3. The van der Waals surface area contributed by atoms with Gasteiger partial charge >= 0.3 is 5.97 Å². The Morgan fingerprint density at radius 1 is 1.03 bits per heavy atom. The summed E-state index contributed by atoms with van der Waals surface area (Å²) in [6, 6.07) is 0. The number of hydrogen-bond donors (Lipinski definition) is 1. The molecule has 2 N–H and O–H groups in total. The van der Waals surface area contributed by atoms with Gasteiger partial charge in [-0.2, -0.15) is 4.99 Å². The fraction of sp³-hybridized carbons (Fsp3) is 0.783. The van der Waals surface area contributed by atoms with E-state index in [-0.39, 0.29) is 12.5 Å². The topological polar surface area (TPSA) is 85.0 Å². The summed E-state index contributed by atoms with van der Waals surface area (Å²) in [6.07, 6.45) is 16.7. The van der Waals surface area contributed by atoms with Crippen molar-refractivity contribution < 1.29 is 18.4 Å². The molecule has 0 saturated carbocycles. The molecule has 0 atom stereocenters. The van der Waals surface area contributed by atoms with Gasteiger partial charge in [0.15, 0.2) is 5.96 Å². The minimum atomic E-state index is -2.70. The van der Waals surface area contributed by atoms with Gasteiger partial charge in [-0.3, -0.25) is 9.59 Å². The Kier molecular flexibility index (Phi) is 13.7. The first-order valence-corrected chi connectivity index (χ1v) is 11.1. The van der Waals surface area contributed by atoms with Crippen LogP contribution in [-0.4, -0.2) is 42.4 Å². The van der Waals surface area contributed by atoms with E-state index in [0.29, 0.717) is 11.3 Å². The van der Waals surface area contributed by atoms with Crippen molar-refractivity contribution in [3.63, 3.8) is 0 Å². The highest BCUT2D eigenvalue weighted by molar-refractivity contribution is 5.93. The largest absolute Gasteiger partial charge is 0.462 e. The number of allylic oxidation sites excluding steroid dienone is 2. The molecule has 0 bridgehead atoms. The van der Waals surface area contributed by atoms with Gasteiger partial charge in [0, 0.05) is 17.5 Å². The lowest BCUT2D eigenvalue weighted by Gasteiger charge is -2.17. The molecular weight excluding hydrogens is 366 g/mol. The van der Waals surface area contributed by atoms with Crippen LogP contribution in [0.1, 0.15) is 102 Å². The number of rotatable bonds is 16. The van der Waals surface area contributed by atoms with Crippen LogP contribution in [0.5, 0.6) is 0 Å². The van der Waals surface area contributed by atoms with E-state index < -0.39 is 31.4 Å². The number of likely N-dealkylation sites (N-methyl/N-ethyl adjacent to an activating group) is 1. The lowest BCUT2D eigenvalue weighted by Crippen LogP contribution is -2.39. The molecule has 0 unspecified atom stereocenters. The van der Waals surface area contributed by atoms with Crippen LogP contribution in [0.4, 0.5) is 0 Å². The summed E-state index contributed by atoms with van der Waals surface area (Å²) in [4.78, 5) is 28.1. The molecule has 0 aromatic rings. The molecule has 0 rings (SSSR count). The first kappa shape index (κ1) is 21.8. The normalized spacial score (nSPS) is 13.9. The summed E-state index contributed by atoms with van der Waals surface area (Å²) in [5, 5.41) is 0. The zero-order chi connectivity index (χ0) is 24.4. The third-order valence-electron chi connectivity index (χ3n) is 4.32. The van der Waals surface area contributed by atoms with Gasteiger partial charge in [0.05, 0.1) is 6.10 Å². The molecule has 0 saturated heterocycles. The predicted molar refractivity (Wildman–Crippen MR) is 121 cm³/mol. The van der Waals surface area contributed by atoms with E-state index >= 15 is 0 Å². The van der Waals surface area contributed by atoms with Crippen LogP contribution < -0.4 is 5.73 Å². The highest BCUT2D eigenvalue weighted by atomic mass is 16.5. The Morgan fingerprint density at radius 3 is 2.21 bits per heavy atom. The zero-order valence-corrected chi connectivity index (χ0v) is 18.6. The van der Waals surface area contributed by atoms with Gasteiger partial charge < -0.3 is 15.4 Å². The molecule has 29 heavy (non-hydrogen) atoms. The number of carbonyl (C=O) groups is 2. The number of nitrogens with two attached hydrogens (primary N) is 1. The molecule has 0 spiro atoms. The Bertz CT molecular complexity index is 591. The Labute approximate surface area is 182 Å². The van der Waals surface area contributed by atoms with Crippen molar-refractivity contribution in [2.75, 3.05) is 13.5 Å². The maximum Gasteiger partial charge on any atom is 0.325 e. The second-order valence-electron chi connectivity index (χ2n) is 7.62. The molecule has 0 aromatic carbocycles. The van der Waals surface area contributed by atoms with Crippen LogP contribution in [0, 0.1) is 0 Å². The van der Waals surface area contributed by atoms with E-state index in [4.69, 9.17) is 14.6 Å². The molecule has 0 aliphatic carbocycles. The summed E-state index contributed by atoms with van der Waals surface area (Å²) in [7, 11) is 0. The molecule has 0 aromatic heterocycles. The van der Waals surface area contributed by atoms with E-state index in [0.717, 1.165) is 32.1 Å². The van der Waals surface area contributed by atoms with Crippen LogP contribution >= 0.6 is 0 Å². The lowest BCUT2D eigenvalue weighted by atomic mass is 10.1. The van der Waals surface area contributed by atoms with E-state index in [1.165, 1.54) is 32.1 Å². The number of amides is 1. The maximum atomic E-state index is 12.0. The number of nitrogens with zero attached hydrogens (tertiary/aromatic N) is 2. The highest BCUT2D eigenvalue weighted by Crippen LogP contribution is 2.09. The third-order valence-corrected chi connectivity index (χ3v) is 4.32. The number of hydrogen-bond acceptors (Lipinski definition) is 3. The van der Waals surface area contributed by atoms with Crippen molar-refractivity contribution in [2.45, 2.75) is 104 Å². The molecule has 0 fully saturated rings. The molecule has 6 nitrogen and oxygen atoms in total. The minimum Gasteiger partial charge on any atom is -0.462 e. The molecule has 0 aliphatic heterocycles. The van der Waals surface area contributed by atoms with Crippen molar-refractivity contribution in [3.05, 3.63) is 12.2 Å². The van der Waals surface area contributed by atoms with Crippen LogP contribution in [0.3, 0.4) is 0 Å². The van der Waals surface area contributed by atoms with Crippen molar-refractivity contribution in [1.82, 2.24) is 4.90 Å². The van der Waals surface area contributed by atoms with Crippen molar-refractivity contribution in [1.29, 1.82) is 0 Å². The van der Waals surface area contributed by atoms with Gasteiger partial charge in [-0.15, -0.1) is 0 Å². The summed E-state index contributed by atoms with van der Waals surface area (Å²) >= 11 is 0. The maximum absolute atomic E-state index is 12.0. The standard InChI is InChI=1S/C23H43N3O3/c1-5-6-7-8-9-10-11-12-13-14-15-16-17-18-21(27)25-23(24)26(4)19-22(28)29-20(2)3/h10-11,20H,5-9,12-19H2,1-4H3,(H2,24,25,27)/b11-10-/i4D3. The monoisotopic (exact) mass is 412 g/mol. The predicted octanol–water partition coefficient (Wildman–Crippen LogP) is 4.97. The van der Waals surface area contributed by atoms with Gasteiger partial charge in [-0.1, -0.05) is 57.6 Å². The second-order valence-corrected chi connectivity index (χ2v) is 7.62. The van der Waals surface area contributed by atoms with Gasteiger partial charge in [0.1, 0.15) is 6.54 Å². The first-order valence-electron chi connectivity index (χ1n) is 12.6. The fourth-order valence-corrected chi connectivity index (χ4v) is 2.75. The Morgan fingerprint density at radius 2 is 1.62 bits per heavy atom. The number of aliphatic imine (C=N–C) groups is 1. The highest BCUT2D eigenvalue weighted by Gasteiger charge is 2.12. The van der Waals surface area contributed by atoms with Crippen LogP contribution in [0.2, 0.25) is 0 Å². The summed E-state index contributed by atoms with van der Waals surface area (Å²) in [5.41, 5.74) is 5.71. The number of ether oxygens (including phenoxy) is 1. The zero-order valence-electron chi connectivity index (χ0n) is 21.6. The van der Waals surface area contributed by atoms with Crippen LogP contribution in [-0.2, 0) is 14.3 Å². The van der Waals surface area contributed by atoms with Gasteiger partial charge in [-0.25, -0.2) is 0 Å². The summed E-state index contributed by atoms with van der Waals surface area (Å²) in [6.45, 7) is 2.24. The first-order chi connectivity index (χ1) is 15.1. The molecule has 0 aliphatic rings. The Hall–Kier alpha value is -1.85. The van der Waals surface area contributed by atoms with Crippen molar-refractivity contribution in [2.24, 2.45) is 10.7 Å². The van der Waals surface area contributed by atoms with Crippen molar-refractivity contribution >= 4 is 17.8 Å². The molecule has 1 amide bonds. The number of unbranched alkanes of at least 4 members (excludes halogenated alkanes) is 9. The molecule has 6 heteroatoms. The van der Waals surface area contributed by atoms with Gasteiger partial charge in [-0.05, 0) is 46.0 Å². The van der Waals surface area contributed by atoms with E-state index in [9.17, 15) is 9.59 Å². The van der Waals surface area contributed by atoms with E-state index in [2.05, 4.69) is 24.1 Å². The van der Waals surface area contributed by atoms with Crippen LogP contribution in [0.15, 0.2) is 17.1 Å². The van der Waals surface area contributed by atoms with Gasteiger partial charge in [0.25, 0.3) is 0 Å².